The van der Waals surface area contributed by atoms with E-state index in [1.807, 2.05) is 6.92 Å². The van der Waals surface area contributed by atoms with E-state index in [2.05, 4.69) is 0 Å². The van der Waals surface area contributed by atoms with Crippen molar-refractivity contribution in [1.29, 1.82) is 0 Å². The molecular formula is C15H18F3NO2. The van der Waals surface area contributed by atoms with E-state index in [0.29, 0.717) is 5.92 Å². The lowest BCUT2D eigenvalue weighted by Gasteiger charge is -2.24. The van der Waals surface area contributed by atoms with Crippen molar-refractivity contribution in [3.63, 3.8) is 0 Å². The molecule has 1 aromatic carbocycles. The molecule has 1 aliphatic rings. The van der Waals surface area contributed by atoms with Crippen LogP contribution < -0.4 is 4.74 Å². The molecule has 0 spiro atoms. The highest BCUT2D eigenvalue weighted by Crippen LogP contribution is 2.34. The number of alkyl halides is 3. The molecule has 0 radical (unpaired) electrons. The van der Waals surface area contributed by atoms with Gasteiger partial charge >= 0.3 is 6.18 Å². The van der Waals surface area contributed by atoms with Crippen LogP contribution in [0.2, 0.25) is 0 Å². The predicted octanol–water partition coefficient (Wildman–Crippen LogP) is 3.34. The number of hydrogen-bond acceptors (Lipinski definition) is 2. The first-order valence-corrected chi connectivity index (χ1v) is 6.84. The van der Waals surface area contributed by atoms with Crippen molar-refractivity contribution in [2.24, 2.45) is 5.92 Å². The standard InChI is InChI=1S/C15H18F3NO2/c1-10(11-6-7-11)19(2)14(20)9-21-13-5-3-4-12(8-13)15(16,17)18/h3-5,8,10-11H,6-7,9H2,1-2H3. The molecule has 0 bridgehead atoms. The molecule has 1 atom stereocenters. The maximum atomic E-state index is 12.6. The summed E-state index contributed by atoms with van der Waals surface area (Å²) in [6, 6.07) is 4.68. The van der Waals surface area contributed by atoms with E-state index in [1.165, 1.54) is 12.1 Å². The van der Waals surface area contributed by atoms with Crippen LogP contribution in [0.3, 0.4) is 0 Å². The fraction of sp³-hybridized carbons (Fsp3) is 0.533. The van der Waals surface area contributed by atoms with Gasteiger partial charge in [0, 0.05) is 13.1 Å². The van der Waals surface area contributed by atoms with E-state index in [1.54, 1.807) is 11.9 Å². The van der Waals surface area contributed by atoms with Gasteiger partial charge < -0.3 is 9.64 Å². The van der Waals surface area contributed by atoms with Gasteiger partial charge in [-0.05, 0) is 43.9 Å². The van der Waals surface area contributed by atoms with Crippen molar-refractivity contribution in [2.45, 2.75) is 32.0 Å². The fourth-order valence-corrected chi connectivity index (χ4v) is 2.13. The summed E-state index contributed by atoms with van der Waals surface area (Å²) < 4.78 is 42.9. The lowest BCUT2D eigenvalue weighted by atomic mass is 10.2. The van der Waals surface area contributed by atoms with Crippen molar-refractivity contribution < 1.29 is 22.7 Å². The summed E-state index contributed by atoms with van der Waals surface area (Å²) in [4.78, 5) is 13.6. The van der Waals surface area contributed by atoms with Crippen LogP contribution in [0.25, 0.3) is 0 Å². The second kappa shape index (κ2) is 5.95. The third-order valence-corrected chi connectivity index (χ3v) is 3.83. The van der Waals surface area contributed by atoms with Gasteiger partial charge in [-0.15, -0.1) is 0 Å². The number of amides is 1. The minimum atomic E-state index is -4.42. The molecular weight excluding hydrogens is 283 g/mol. The number of ether oxygens (including phenoxy) is 1. The molecule has 0 aliphatic heterocycles. The Hall–Kier alpha value is -1.72. The quantitative estimate of drug-likeness (QED) is 0.835. The highest BCUT2D eigenvalue weighted by molar-refractivity contribution is 5.77. The Labute approximate surface area is 121 Å². The Morgan fingerprint density at radius 1 is 1.43 bits per heavy atom. The number of halogens is 3. The molecule has 0 saturated heterocycles. The average molecular weight is 301 g/mol. The van der Waals surface area contributed by atoms with Crippen molar-refractivity contribution in [1.82, 2.24) is 4.90 Å². The molecule has 116 valence electrons. The van der Waals surface area contributed by atoms with Crippen molar-refractivity contribution in [3.8, 4) is 5.75 Å². The number of carbonyl (C=O) groups is 1. The molecule has 0 aromatic heterocycles. The second-order valence-corrected chi connectivity index (χ2v) is 5.40. The van der Waals surface area contributed by atoms with Gasteiger partial charge in [0.25, 0.3) is 5.91 Å². The first-order valence-electron chi connectivity index (χ1n) is 6.84. The van der Waals surface area contributed by atoms with Crippen LogP contribution in [-0.2, 0) is 11.0 Å². The molecule has 1 aliphatic carbocycles. The van der Waals surface area contributed by atoms with Crippen LogP contribution in [0.15, 0.2) is 24.3 Å². The fourth-order valence-electron chi connectivity index (χ4n) is 2.13. The minimum absolute atomic E-state index is 0.0469. The van der Waals surface area contributed by atoms with Gasteiger partial charge in [-0.2, -0.15) is 13.2 Å². The Morgan fingerprint density at radius 3 is 2.67 bits per heavy atom. The Morgan fingerprint density at radius 2 is 2.10 bits per heavy atom. The maximum absolute atomic E-state index is 12.6. The van der Waals surface area contributed by atoms with Crippen molar-refractivity contribution >= 4 is 5.91 Å². The molecule has 1 fully saturated rings. The zero-order valence-electron chi connectivity index (χ0n) is 12.0. The summed E-state index contributed by atoms with van der Waals surface area (Å²) in [7, 11) is 1.70. The smallest absolute Gasteiger partial charge is 0.416 e. The summed E-state index contributed by atoms with van der Waals surface area (Å²) >= 11 is 0. The largest absolute Gasteiger partial charge is 0.484 e. The maximum Gasteiger partial charge on any atom is 0.416 e. The predicted molar refractivity (Wildman–Crippen MR) is 71.9 cm³/mol. The van der Waals surface area contributed by atoms with Gasteiger partial charge in [0.1, 0.15) is 5.75 Å². The van der Waals surface area contributed by atoms with Crippen LogP contribution in [0.1, 0.15) is 25.3 Å². The van der Waals surface area contributed by atoms with Crippen molar-refractivity contribution in [3.05, 3.63) is 29.8 Å². The van der Waals surface area contributed by atoms with E-state index in [9.17, 15) is 18.0 Å². The highest BCUT2D eigenvalue weighted by Gasteiger charge is 2.33. The summed E-state index contributed by atoms with van der Waals surface area (Å²) in [5.41, 5.74) is -0.785. The third kappa shape index (κ3) is 4.12. The summed E-state index contributed by atoms with van der Waals surface area (Å²) in [6.07, 6.45) is -2.18. The third-order valence-electron chi connectivity index (χ3n) is 3.83. The lowest BCUT2D eigenvalue weighted by molar-refractivity contribution is -0.137. The number of likely N-dealkylation sites (N-methyl/N-ethyl adjacent to an activating group) is 1. The molecule has 1 unspecified atom stereocenters. The Kier molecular flexibility index (Phi) is 4.44. The molecule has 3 nitrogen and oxygen atoms in total. The van der Waals surface area contributed by atoms with E-state index in [-0.39, 0.29) is 24.3 Å². The normalized spacial score (nSPS) is 16.4. The number of benzene rings is 1. The van der Waals surface area contributed by atoms with E-state index >= 15 is 0 Å². The molecule has 1 amide bonds. The molecule has 1 aromatic rings. The van der Waals surface area contributed by atoms with Gasteiger partial charge in [-0.3, -0.25) is 4.79 Å². The van der Waals surface area contributed by atoms with Crippen LogP contribution in [0.5, 0.6) is 5.75 Å². The first kappa shape index (κ1) is 15.7. The Balaban J connectivity index is 1.91. The van der Waals surface area contributed by atoms with Crippen LogP contribution in [0.4, 0.5) is 13.2 Å². The average Bonchev–Trinajstić information content (AvgIpc) is 3.27. The van der Waals surface area contributed by atoms with E-state index < -0.39 is 11.7 Å². The van der Waals surface area contributed by atoms with Crippen LogP contribution >= 0.6 is 0 Å². The van der Waals surface area contributed by atoms with Gasteiger partial charge in [-0.1, -0.05) is 6.07 Å². The molecule has 0 N–H and O–H groups in total. The first-order chi connectivity index (χ1) is 9.79. The van der Waals surface area contributed by atoms with Gasteiger partial charge in [0.05, 0.1) is 5.56 Å². The summed E-state index contributed by atoms with van der Waals surface area (Å²) in [5, 5.41) is 0. The Bertz CT molecular complexity index is 512. The molecule has 1 saturated carbocycles. The second-order valence-electron chi connectivity index (χ2n) is 5.40. The highest BCUT2D eigenvalue weighted by atomic mass is 19.4. The van der Waals surface area contributed by atoms with Crippen LogP contribution in [-0.4, -0.2) is 30.5 Å². The van der Waals surface area contributed by atoms with Gasteiger partial charge in [0.15, 0.2) is 6.61 Å². The summed E-state index contributed by atoms with van der Waals surface area (Å²) in [6.45, 7) is 1.72. The van der Waals surface area contributed by atoms with Crippen molar-refractivity contribution in [2.75, 3.05) is 13.7 Å². The summed E-state index contributed by atoms with van der Waals surface area (Å²) in [5.74, 6) is 0.352. The van der Waals surface area contributed by atoms with Gasteiger partial charge in [-0.25, -0.2) is 0 Å². The monoisotopic (exact) mass is 301 g/mol. The number of carbonyl (C=O) groups excluding carboxylic acids is 1. The van der Waals surface area contributed by atoms with E-state index in [4.69, 9.17) is 4.74 Å². The van der Waals surface area contributed by atoms with Crippen LogP contribution in [0, 0.1) is 5.92 Å². The minimum Gasteiger partial charge on any atom is -0.484 e. The van der Waals surface area contributed by atoms with E-state index in [0.717, 1.165) is 25.0 Å². The molecule has 6 heteroatoms. The lowest BCUT2D eigenvalue weighted by Crippen LogP contribution is -2.39. The SMILES string of the molecule is CC(C1CC1)N(C)C(=O)COc1cccc(C(F)(F)F)c1. The zero-order valence-corrected chi connectivity index (χ0v) is 12.0. The van der Waals surface area contributed by atoms with Gasteiger partial charge in [0.2, 0.25) is 0 Å². The molecule has 2 rings (SSSR count). The molecule has 0 heterocycles. The molecule has 21 heavy (non-hydrogen) atoms. The number of hydrogen-bond donors (Lipinski definition) is 0. The number of rotatable bonds is 5. The number of nitrogens with zero attached hydrogens (tertiary/aromatic N) is 1. The zero-order chi connectivity index (χ0) is 15.6. The topological polar surface area (TPSA) is 29.5 Å².